The molecule has 0 saturated heterocycles. The molecule has 0 unspecified atom stereocenters. The molecule has 2 aliphatic carbocycles. The van der Waals surface area contributed by atoms with Crippen molar-refractivity contribution < 1.29 is 4.79 Å². The lowest BCUT2D eigenvalue weighted by Gasteiger charge is -2.20. The second-order valence-electron chi connectivity index (χ2n) is 6.55. The Bertz CT molecular complexity index is 463. The minimum Gasteiger partial charge on any atom is -0.326 e. The maximum absolute atomic E-state index is 12.3. The van der Waals surface area contributed by atoms with E-state index in [1.54, 1.807) is 0 Å². The van der Waals surface area contributed by atoms with Gasteiger partial charge in [-0.05, 0) is 54.7 Å². The van der Waals surface area contributed by atoms with Gasteiger partial charge in [0.15, 0.2) is 0 Å². The Morgan fingerprint density at radius 3 is 2.42 bits per heavy atom. The van der Waals surface area contributed by atoms with E-state index in [0.717, 1.165) is 18.0 Å². The molecule has 0 aromatic heterocycles. The van der Waals surface area contributed by atoms with Crippen LogP contribution in [0.5, 0.6) is 0 Å². The lowest BCUT2D eigenvalue weighted by molar-refractivity contribution is -0.121. The third-order valence-corrected chi connectivity index (χ3v) is 4.92. The van der Waals surface area contributed by atoms with Gasteiger partial charge in [-0.25, -0.2) is 0 Å². The van der Waals surface area contributed by atoms with Crippen LogP contribution in [0.25, 0.3) is 0 Å². The second kappa shape index (κ2) is 4.99. The number of carbonyl (C=O) groups is 1. The monoisotopic (exact) mass is 257 g/mol. The Morgan fingerprint density at radius 1 is 1.16 bits per heavy atom. The van der Waals surface area contributed by atoms with Gasteiger partial charge >= 0.3 is 0 Å². The van der Waals surface area contributed by atoms with Gasteiger partial charge in [0, 0.05) is 11.6 Å². The van der Waals surface area contributed by atoms with Gasteiger partial charge in [-0.1, -0.05) is 32.4 Å². The van der Waals surface area contributed by atoms with Crippen molar-refractivity contribution in [3.8, 4) is 0 Å². The fraction of sp³-hybridized carbons (Fsp3) is 0.588. The summed E-state index contributed by atoms with van der Waals surface area (Å²) in [5.74, 6) is 2.52. The van der Waals surface area contributed by atoms with Gasteiger partial charge in [-0.2, -0.15) is 0 Å². The zero-order valence-corrected chi connectivity index (χ0v) is 11.9. The molecule has 2 nitrogen and oxygen atoms in total. The molecular formula is C17H23NO. The van der Waals surface area contributed by atoms with Crippen LogP contribution in [-0.4, -0.2) is 5.91 Å². The molecule has 0 spiro atoms. The highest BCUT2D eigenvalue weighted by Crippen LogP contribution is 2.48. The van der Waals surface area contributed by atoms with E-state index in [1.807, 2.05) is 12.1 Å². The van der Waals surface area contributed by atoms with Gasteiger partial charge < -0.3 is 5.32 Å². The molecule has 1 N–H and O–H groups in total. The quantitative estimate of drug-likeness (QED) is 0.864. The van der Waals surface area contributed by atoms with Crippen molar-refractivity contribution in [2.45, 2.75) is 45.4 Å². The van der Waals surface area contributed by atoms with Crippen LogP contribution in [0.3, 0.4) is 0 Å². The van der Waals surface area contributed by atoms with Crippen LogP contribution in [0.1, 0.15) is 51.0 Å². The number of hydrogen-bond acceptors (Lipinski definition) is 1. The first-order valence-corrected chi connectivity index (χ1v) is 7.54. The molecule has 102 valence electrons. The van der Waals surface area contributed by atoms with Gasteiger partial charge in [0.2, 0.25) is 5.91 Å². The van der Waals surface area contributed by atoms with E-state index in [2.05, 4.69) is 31.3 Å². The van der Waals surface area contributed by atoms with Crippen molar-refractivity contribution >= 4 is 11.6 Å². The van der Waals surface area contributed by atoms with Gasteiger partial charge in [0.25, 0.3) is 0 Å². The number of rotatable bonds is 3. The van der Waals surface area contributed by atoms with Crippen LogP contribution in [0.2, 0.25) is 0 Å². The normalized spacial score (nSPS) is 28.9. The SMILES string of the molecule is CC(C)c1ccc(NC(=O)[C@@H]2C[C@@H]3CC[C@H]2C3)cc1. The van der Waals surface area contributed by atoms with Crippen LogP contribution in [-0.2, 0) is 4.79 Å². The predicted molar refractivity (Wildman–Crippen MR) is 78.1 cm³/mol. The molecule has 0 aliphatic heterocycles. The minimum absolute atomic E-state index is 0.240. The lowest BCUT2D eigenvalue weighted by Crippen LogP contribution is -2.27. The first-order chi connectivity index (χ1) is 9.13. The molecule has 3 atom stereocenters. The third-order valence-electron chi connectivity index (χ3n) is 4.92. The standard InChI is InChI=1S/C17H23NO/c1-11(2)13-5-7-15(8-6-13)18-17(19)16-10-12-3-4-14(16)9-12/h5-8,11-12,14,16H,3-4,9-10H2,1-2H3,(H,18,19)/t12-,14+,16-/m1/s1. The summed E-state index contributed by atoms with van der Waals surface area (Å²) >= 11 is 0. The molecule has 2 bridgehead atoms. The van der Waals surface area contributed by atoms with Crippen molar-refractivity contribution in [2.24, 2.45) is 17.8 Å². The Kier molecular flexibility index (Phi) is 3.34. The number of anilines is 1. The minimum atomic E-state index is 0.240. The molecule has 2 fully saturated rings. The van der Waals surface area contributed by atoms with Gasteiger partial charge in [-0.15, -0.1) is 0 Å². The molecule has 2 aliphatic rings. The van der Waals surface area contributed by atoms with Crippen LogP contribution in [0, 0.1) is 17.8 Å². The third kappa shape index (κ3) is 2.54. The molecule has 0 heterocycles. The van der Waals surface area contributed by atoms with Gasteiger partial charge in [0.1, 0.15) is 0 Å². The van der Waals surface area contributed by atoms with Gasteiger partial charge in [0.05, 0.1) is 0 Å². The number of amides is 1. The summed E-state index contributed by atoms with van der Waals surface area (Å²) in [5.41, 5.74) is 2.26. The number of carbonyl (C=O) groups excluding carboxylic acids is 1. The zero-order chi connectivity index (χ0) is 13.4. The second-order valence-corrected chi connectivity index (χ2v) is 6.55. The molecule has 19 heavy (non-hydrogen) atoms. The Labute approximate surface area is 115 Å². The number of benzene rings is 1. The molecule has 2 saturated carbocycles. The highest BCUT2D eigenvalue weighted by atomic mass is 16.1. The number of hydrogen-bond donors (Lipinski definition) is 1. The summed E-state index contributed by atoms with van der Waals surface area (Å²) in [7, 11) is 0. The molecule has 0 radical (unpaired) electrons. The summed E-state index contributed by atoms with van der Waals surface area (Å²) in [6.45, 7) is 4.37. The van der Waals surface area contributed by atoms with E-state index in [1.165, 1.54) is 24.8 Å². The molecule has 1 amide bonds. The molecule has 2 heteroatoms. The summed E-state index contributed by atoms with van der Waals surface area (Å²) < 4.78 is 0. The topological polar surface area (TPSA) is 29.1 Å². The van der Waals surface area contributed by atoms with Crippen LogP contribution in [0.15, 0.2) is 24.3 Å². The van der Waals surface area contributed by atoms with Crippen molar-refractivity contribution in [2.75, 3.05) is 5.32 Å². The van der Waals surface area contributed by atoms with Crippen molar-refractivity contribution in [3.63, 3.8) is 0 Å². The molecule has 1 aromatic rings. The first-order valence-electron chi connectivity index (χ1n) is 7.54. The first kappa shape index (κ1) is 12.7. The van der Waals surface area contributed by atoms with E-state index >= 15 is 0 Å². The maximum Gasteiger partial charge on any atom is 0.227 e. The lowest BCUT2D eigenvalue weighted by atomic mass is 9.88. The largest absolute Gasteiger partial charge is 0.326 e. The highest BCUT2D eigenvalue weighted by Gasteiger charge is 2.42. The van der Waals surface area contributed by atoms with Crippen LogP contribution < -0.4 is 5.32 Å². The Hall–Kier alpha value is -1.31. The van der Waals surface area contributed by atoms with Crippen LogP contribution in [0.4, 0.5) is 5.69 Å². The van der Waals surface area contributed by atoms with Gasteiger partial charge in [-0.3, -0.25) is 4.79 Å². The smallest absolute Gasteiger partial charge is 0.227 e. The Morgan fingerprint density at radius 2 is 1.89 bits per heavy atom. The summed E-state index contributed by atoms with van der Waals surface area (Å²) in [5, 5.41) is 3.10. The fourth-order valence-electron chi connectivity index (χ4n) is 3.75. The number of nitrogens with one attached hydrogen (secondary N) is 1. The van der Waals surface area contributed by atoms with Crippen molar-refractivity contribution in [3.05, 3.63) is 29.8 Å². The van der Waals surface area contributed by atoms with E-state index < -0.39 is 0 Å². The van der Waals surface area contributed by atoms with E-state index in [9.17, 15) is 4.79 Å². The maximum atomic E-state index is 12.3. The molecular weight excluding hydrogens is 234 g/mol. The summed E-state index contributed by atoms with van der Waals surface area (Å²) in [4.78, 5) is 12.3. The molecule has 1 aromatic carbocycles. The van der Waals surface area contributed by atoms with Crippen molar-refractivity contribution in [1.29, 1.82) is 0 Å². The fourth-order valence-corrected chi connectivity index (χ4v) is 3.75. The highest BCUT2D eigenvalue weighted by molar-refractivity contribution is 5.93. The predicted octanol–water partition coefficient (Wildman–Crippen LogP) is 4.18. The average molecular weight is 257 g/mol. The van der Waals surface area contributed by atoms with E-state index in [-0.39, 0.29) is 11.8 Å². The average Bonchev–Trinajstić information content (AvgIpc) is 3.01. The number of fused-ring (bicyclic) bond motifs is 2. The van der Waals surface area contributed by atoms with E-state index in [0.29, 0.717) is 11.8 Å². The summed E-state index contributed by atoms with van der Waals surface area (Å²) in [6.07, 6.45) is 5.00. The zero-order valence-electron chi connectivity index (χ0n) is 11.9. The van der Waals surface area contributed by atoms with Crippen LogP contribution >= 0.6 is 0 Å². The van der Waals surface area contributed by atoms with Crippen molar-refractivity contribution in [1.82, 2.24) is 0 Å². The summed E-state index contributed by atoms with van der Waals surface area (Å²) in [6, 6.07) is 8.28. The molecule has 3 rings (SSSR count). The van der Waals surface area contributed by atoms with E-state index in [4.69, 9.17) is 0 Å². The Balaban J connectivity index is 1.63.